The van der Waals surface area contributed by atoms with Crippen LogP contribution in [0.2, 0.25) is 0 Å². The number of benzene rings is 1. The molecule has 0 unspecified atom stereocenters. The molecule has 0 amide bonds. The number of carboxylic acid groups (broad SMARTS) is 2. The zero-order valence-corrected chi connectivity index (χ0v) is 7.87. The van der Waals surface area contributed by atoms with E-state index in [-0.39, 0.29) is 11.1 Å². The van der Waals surface area contributed by atoms with Crippen LogP contribution in [0.3, 0.4) is 0 Å². The van der Waals surface area contributed by atoms with Crippen molar-refractivity contribution in [3.05, 3.63) is 23.3 Å². The van der Waals surface area contributed by atoms with Crippen LogP contribution in [-0.4, -0.2) is 57.6 Å². The average molecular weight is 178 g/mol. The first-order valence-electron chi connectivity index (χ1n) is 4.01. The second kappa shape index (κ2) is 4.25. The topological polar surface area (TPSA) is 74.6 Å². The molecule has 62 valence electrons. The Morgan fingerprint density at radius 2 is 1.21 bits per heavy atom. The quantitative estimate of drug-likeness (QED) is 0.550. The summed E-state index contributed by atoms with van der Waals surface area (Å²) < 4.78 is 0.918. The normalized spacial score (nSPS) is 10.0. The van der Waals surface area contributed by atoms with Crippen LogP contribution in [-0.2, 0) is 0 Å². The molecule has 0 saturated heterocycles. The summed E-state index contributed by atoms with van der Waals surface area (Å²) >= 11 is 3.16. The Hall–Kier alpha value is -0.645. The SMILES string of the molecule is [Li][c]1cc(C(=O)O)[c]([Li])cc1C(=O)O. The van der Waals surface area contributed by atoms with Gasteiger partial charge >= 0.3 is 98.9 Å². The fourth-order valence-corrected chi connectivity index (χ4v) is 1.28. The van der Waals surface area contributed by atoms with Crippen molar-refractivity contribution < 1.29 is 19.8 Å². The van der Waals surface area contributed by atoms with Crippen LogP contribution in [0.1, 0.15) is 20.7 Å². The first-order chi connectivity index (χ1) is 6.43. The van der Waals surface area contributed by atoms with E-state index in [0.29, 0.717) is 8.47 Å². The van der Waals surface area contributed by atoms with Gasteiger partial charge in [0, 0.05) is 0 Å². The molecule has 0 saturated carbocycles. The van der Waals surface area contributed by atoms with E-state index in [9.17, 15) is 9.59 Å². The summed E-state index contributed by atoms with van der Waals surface area (Å²) in [7, 11) is 0. The standard InChI is InChI=1S/C8H4O4.2Li/c9-7(10)5-1-2-6(4-3-5)8(11)12;;/h1,4H,(H,9,10)(H,11,12);;. The van der Waals surface area contributed by atoms with Gasteiger partial charge in [0.15, 0.2) is 0 Å². The number of hydrogen-bond acceptors (Lipinski definition) is 2. The average Bonchev–Trinajstić information content (AvgIpc) is 2.07. The molecular formula is C8H4Li2O4. The van der Waals surface area contributed by atoms with E-state index in [1.807, 2.05) is 0 Å². The molecule has 2 N–H and O–H groups in total. The fourth-order valence-electron chi connectivity index (χ4n) is 1.28. The summed E-state index contributed by atoms with van der Waals surface area (Å²) in [5.74, 6) is -2.08. The maximum absolute atomic E-state index is 10.7. The van der Waals surface area contributed by atoms with E-state index < -0.39 is 11.9 Å². The van der Waals surface area contributed by atoms with Gasteiger partial charge in [0.1, 0.15) is 0 Å². The van der Waals surface area contributed by atoms with Crippen molar-refractivity contribution in [2.45, 2.75) is 0 Å². The van der Waals surface area contributed by atoms with Gasteiger partial charge in [-0.3, -0.25) is 0 Å². The second-order valence-corrected chi connectivity index (χ2v) is 3.09. The predicted octanol–water partition coefficient (Wildman–Crippen LogP) is -1.33. The first-order valence-corrected chi connectivity index (χ1v) is 4.01. The zero-order chi connectivity index (χ0) is 10.9. The fraction of sp³-hybridized carbons (Fsp3) is 0. The zero-order valence-electron chi connectivity index (χ0n) is 7.87. The van der Waals surface area contributed by atoms with E-state index >= 15 is 0 Å². The minimum absolute atomic E-state index is 0.146. The Bertz CT molecular complexity index is 374. The van der Waals surface area contributed by atoms with Gasteiger partial charge in [-0.1, -0.05) is 0 Å². The van der Waals surface area contributed by atoms with Gasteiger partial charge in [0.05, 0.1) is 0 Å². The molecule has 1 rings (SSSR count). The van der Waals surface area contributed by atoms with Crippen molar-refractivity contribution in [3.63, 3.8) is 0 Å². The number of carboxylic acids is 2. The molecule has 6 heteroatoms. The number of hydrogen-bond donors (Lipinski definition) is 2. The van der Waals surface area contributed by atoms with Crippen molar-refractivity contribution in [2.24, 2.45) is 0 Å². The molecule has 1 aromatic rings. The van der Waals surface area contributed by atoms with Crippen LogP contribution >= 0.6 is 0 Å². The molecule has 0 fully saturated rings. The minimum atomic E-state index is -1.04. The molecule has 4 nitrogen and oxygen atoms in total. The third-order valence-electron chi connectivity index (χ3n) is 2.03. The number of carbonyl (C=O) groups is 2. The molecule has 0 spiro atoms. The Morgan fingerprint density at radius 3 is 1.43 bits per heavy atom. The monoisotopic (exact) mass is 178 g/mol. The van der Waals surface area contributed by atoms with Crippen LogP contribution in [0.25, 0.3) is 0 Å². The summed E-state index contributed by atoms with van der Waals surface area (Å²) in [5.41, 5.74) is 0.292. The third kappa shape index (κ3) is 2.23. The van der Waals surface area contributed by atoms with E-state index in [0.717, 1.165) is 0 Å². The summed E-state index contributed by atoms with van der Waals surface area (Å²) in [6.07, 6.45) is 0. The Balaban J connectivity index is 3.38. The van der Waals surface area contributed by atoms with Gasteiger partial charge in [-0.2, -0.15) is 0 Å². The Kier molecular flexibility index (Phi) is 3.47. The second-order valence-electron chi connectivity index (χ2n) is 3.09. The number of rotatable bonds is 2. The van der Waals surface area contributed by atoms with Crippen molar-refractivity contribution >= 4 is 55.8 Å². The molecule has 0 bridgehead atoms. The molecule has 0 aliphatic rings. The van der Waals surface area contributed by atoms with Crippen molar-refractivity contribution in [3.8, 4) is 0 Å². The third-order valence-corrected chi connectivity index (χ3v) is 2.03. The molecule has 0 atom stereocenters. The van der Waals surface area contributed by atoms with Crippen molar-refractivity contribution in [2.75, 3.05) is 0 Å². The van der Waals surface area contributed by atoms with Gasteiger partial charge in [-0.15, -0.1) is 0 Å². The van der Waals surface area contributed by atoms with Gasteiger partial charge in [0.2, 0.25) is 0 Å². The van der Waals surface area contributed by atoms with Crippen LogP contribution in [0.5, 0.6) is 0 Å². The van der Waals surface area contributed by atoms with Gasteiger partial charge in [-0.05, 0) is 0 Å². The molecule has 0 aromatic heterocycles. The molecular weight excluding hydrogens is 174 g/mol. The summed E-state index contributed by atoms with van der Waals surface area (Å²) in [4.78, 5) is 21.4. The van der Waals surface area contributed by atoms with E-state index in [1.54, 1.807) is 35.4 Å². The predicted molar refractivity (Wildman–Crippen MR) is 51.1 cm³/mol. The van der Waals surface area contributed by atoms with Gasteiger partial charge in [-0.25, -0.2) is 0 Å². The van der Waals surface area contributed by atoms with Crippen LogP contribution < -0.4 is 8.47 Å². The van der Waals surface area contributed by atoms with Crippen LogP contribution in [0, 0.1) is 0 Å². The Morgan fingerprint density at radius 1 is 0.929 bits per heavy atom. The number of aromatic carboxylic acids is 2. The van der Waals surface area contributed by atoms with E-state index in [4.69, 9.17) is 10.2 Å². The maximum atomic E-state index is 10.7. The van der Waals surface area contributed by atoms with Crippen molar-refractivity contribution in [1.82, 2.24) is 0 Å². The van der Waals surface area contributed by atoms with Gasteiger partial charge in [0.25, 0.3) is 0 Å². The molecule has 1 aromatic carbocycles. The van der Waals surface area contributed by atoms with Gasteiger partial charge < -0.3 is 0 Å². The van der Waals surface area contributed by atoms with Crippen LogP contribution in [0.4, 0.5) is 0 Å². The molecule has 0 heterocycles. The summed E-state index contributed by atoms with van der Waals surface area (Å²) in [6.45, 7) is 0. The Labute approximate surface area is 98.7 Å². The molecule has 0 radical (unpaired) electrons. The summed E-state index contributed by atoms with van der Waals surface area (Å²) in [5, 5.41) is 17.5. The first kappa shape index (κ1) is 11.4. The molecule has 14 heavy (non-hydrogen) atoms. The van der Waals surface area contributed by atoms with E-state index in [2.05, 4.69) is 0 Å². The molecule has 0 aliphatic carbocycles. The van der Waals surface area contributed by atoms with Crippen molar-refractivity contribution in [1.29, 1.82) is 0 Å². The summed E-state index contributed by atoms with van der Waals surface area (Å²) in [6, 6.07) is 2.75. The molecule has 0 aliphatic heterocycles. The van der Waals surface area contributed by atoms with E-state index in [1.165, 1.54) is 12.1 Å². The van der Waals surface area contributed by atoms with Crippen LogP contribution in [0.15, 0.2) is 12.1 Å².